The Labute approximate surface area is 127 Å². The predicted molar refractivity (Wildman–Crippen MR) is 79.8 cm³/mol. The number of hydrogen-bond donors (Lipinski definition) is 0. The van der Waals surface area contributed by atoms with E-state index in [0.29, 0.717) is 11.8 Å². The molecule has 0 aliphatic rings. The Bertz CT molecular complexity index is 350. The van der Waals surface area contributed by atoms with E-state index in [4.69, 9.17) is 11.6 Å². The van der Waals surface area contributed by atoms with Gasteiger partial charge in [0.2, 0.25) is 0 Å². The Morgan fingerprint density at radius 2 is 1.56 bits per heavy atom. The Kier molecular flexibility index (Phi) is 11.5. The molecule has 2 aromatic carbocycles. The molecule has 0 nitrogen and oxygen atoms in total. The van der Waals surface area contributed by atoms with Crippen LogP contribution in [0.25, 0.3) is 0 Å². The summed E-state index contributed by atoms with van der Waals surface area (Å²) in [5.41, 5.74) is 1.33. The quantitative estimate of drug-likeness (QED) is 0.341. The van der Waals surface area contributed by atoms with E-state index in [1.54, 1.807) is 0 Å². The van der Waals surface area contributed by atoms with E-state index in [1.165, 1.54) is 5.56 Å². The third-order valence-corrected chi connectivity index (χ3v) is 3.29. The van der Waals surface area contributed by atoms with Crippen molar-refractivity contribution in [3.63, 3.8) is 0 Å². The van der Waals surface area contributed by atoms with Crippen LogP contribution in [-0.4, -0.2) is 12.0 Å². The van der Waals surface area contributed by atoms with E-state index >= 15 is 0 Å². The topological polar surface area (TPSA) is 0 Å². The van der Waals surface area contributed by atoms with Crippen molar-refractivity contribution < 1.29 is 16.5 Å². The Morgan fingerprint density at radius 3 is 1.89 bits per heavy atom. The van der Waals surface area contributed by atoms with Crippen molar-refractivity contribution in [3.8, 4) is 0 Å². The maximum Gasteiger partial charge on any atom is 0.0295 e. The second-order valence-corrected chi connectivity index (χ2v) is 4.35. The van der Waals surface area contributed by atoms with Gasteiger partial charge in [-0.05, 0) is 11.7 Å². The van der Waals surface area contributed by atoms with Gasteiger partial charge in [0.15, 0.2) is 0 Å². The van der Waals surface area contributed by atoms with Gasteiger partial charge in [0.05, 0.1) is 0 Å². The SMILES string of the molecule is PCC(CCl)c1ccccc1.[Ni].[c-]1ccccc1. The molecule has 100 valence electrons. The van der Waals surface area contributed by atoms with Gasteiger partial charge in [-0.15, -0.1) is 20.8 Å². The number of alkyl halides is 1. The molecular weight excluding hydrogens is 305 g/mol. The molecule has 0 aliphatic carbocycles. The molecule has 0 heterocycles. The summed E-state index contributed by atoms with van der Waals surface area (Å²) in [6.45, 7) is 0. The van der Waals surface area contributed by atoms with Crippen molar-refractivity contribution >= 4 is 20.8 Å². The molecule has 0 aliphatic heterocycles. The molecule has 18 heavy (non-hydrogen) atoms. The van der Waals surface area contributed by atoms with Gasteiger partial charge in [-0.1, -0.05) is 30.3 Å². The van der Waals surface area contributed by atoms with E-state index < -0.39 is 0 Å². The molecule has 0 fully saturated rings. The molecule has 0 saturated heterocycles. The zero-order valence-electron chi connectivity index (χ0n) is 10.0. The average molecular weight is 322 g/mol. The molecule has 2 rings (SSSR count). The van der Waals surface area contributed by atoms with Crippen LogP contribution in [0.2, 0.25) is 0 Å². The summed E-state index contributed by atoms with van der Waals surface area (Å²) in [5, 5.41) is 0. The first-order chi connectivity index (χ1) is 8.38. The molecule has 0 aromatic heterocycles. The number of halogens is 1. The van der Waals surface area contributed by atoms with Crippen LogP contribution in [0, 0.1) is 6.07 Å². The predicted octanol–water partition coefficient (Wildman–Crippen LogP) is 4.37. The molecule has 3 heteroatoms. The van der Waals surface area contributed by atoms with Gasteiger partial charge in [0, 0.05) is 28.3 Å². The van der Waals surface area contributed by atoms with E-state index in [1.807, 2.05) is 36.4 Å². The summed E-state index contributed by atoms with van der Waals surface area (Å²) < 4.78 is 0. The summed E-state index contributed by atoms with van der Waals surface area (Å²) in [4.78, 5) is 0. The maximum atomic E-state index is 5.79. The van der Waals surface area contributed by atoms with E-state index in [0.717, 1.165) is 6.16 Å². The fourth-order valence-corrected chi connectivity index (χ4v) is 2.31. The van der Waals surface area contributed by atoms with Crippen LogP contribution in [0.4, 0.5) is 0 Å². The van der Waals surface area contributed by atoms with Gasteiger partial charge in [-0.25, -0.2) is 0 Å². The first-order valence-electron chi connectivity index (χ1n) is 5.60. The number of hydrogen-bond acceptors (Lipinski definition) is 0. The zero-order valence-corrected chi connectivity index (χ0v) is 12.9. The standard InChI is InChI=1S/C9H12ClP.C6H5.Ni/c10-6-9(7-11)8-4-2-1-3-5-8;1-2-4-6-5-3-1;/h1-5,9H,6-7,11H2;1-5H;/q;-1;. The number of benzene rings is 2. The van der Waals surface area contributed by atoms with Crippen molar-refractivity contribution in [2.45, 2.75) is 5.92 Å². The molecule has 0 spiro atoms. The summed E-state index contributed by atoms with van der Waals surface area (Å²) in [6.07, 6.45) is 1.04. The molecule has 2 aromatic rings. The third-order valence-electron chi connectivity index (χ3n) is 2.35. The monoisotopic (exact) mass is 321 g/mol. The Hall–Kier alpha value is -0.346. The summed E-state index contributed by atoms with van der Waals surface area (Å²) in [7, 11) is 2.73. The van der Waals surface area contributed by atoms with E-state index in [-0.39, 0.29) is 16.5 Å². The summed E-state index contributed by atoms with van der Waals surface area (Å²) in [6, 6.07) is 22.9. The number of rotatable bonds is 3. The van der Waals surface area contributed by atoms with Gasteiger partial charge in [-0.2, -0.15) is 36.4 Å². The van der Waals surface area contributed by atoms with E-state index in [9.17, 15) is 0 Å². The largest absolute Gasteiger partial charge is 0.184 e. The fourth-order valence-electron chi connectivity index (χ4n) is 1.36. The van der Waals surface area contributed by atoms with E-state index in [2.05, 4.69) is 39.6 Å². The van der Waals surface area contributed by atoms with Crippen molar-refractivity contribution in [1.29, 1.82) is 0 Å². The minimum absolute atomic E-state index is 0. The smallest absolute Gasteiger partial charge is 0.0295 e. The summed E-state index contributed by atoms with van der Waals surface area (Å²) >= 11 is 5.79. The molecule has 0 N–H and O–H groups in total. The first kappa shape index (κ1) is 17.7. The second kappa shape index (κ2) is 11.7. The third kappa shape index (κ3) is 7.17. The minimum atomic E-state index is 0. The molecule has 0 bridgehead atoms. The second-order valence-electron chi connectivity index (χ2n) is 3.57. The minimum Gasteiger partial charge on any atom is -0.184 e. The van der Waals surface area contributed by atoms with Gasteiger partial charge < -0.3 is 0 Å². The van der Waals surface area contributed by atoms with Gasteiger partial charge >= 0.3 is 0 Å². The Morgan fingerprint density at radius 1 is 1.00 bits per heavy atom. The summed E-state index contributed by atoms with van der Waals surface area (Å²) in [5.74, 6) is 1.19. The van der Waals surface area contributed by atoms with Crippen LogP contribution in [0.1, 0.15) is 11.5 Å². The molecule has 2 unspecified atom stereocenters. The van der Waals surface area contributed by atoms with Crippen LogP contribution in [-0.2, 0) is 16.5 Å². The molecule has 0 radical (unpaired) electrons. The zero-order chi connectivity index (χ0) is 12.3. The van der Waals surface area contributed by atoms with Crippen molar-refractivity contribution in [2.24, 2.45) is 0 Å². The molecule has 0 saturated carbocycles. The van der Waals surface area contributed by atoms with Crippen molar-refractivity contribution in [1.82, 2.24) is 0 Å². The van der Waals surface area contributed by atoms with Crippen molar-refractivity contribution in [2.75, 3.05) is 12.0 Å². The molecule has 2 atom stereocenters. The first-order valence-corrected chi connectivity index (χ1v) is 6.95. The fraction of sp³-hybridized carbons (Fsp3) is 0.200. The average Bonchev–Trinajstić information content (AvgIpc) is 2.44. The van der Waals surface area contributed by atoms with Crippen molar-refractivity contribution in [3.05, 3.63) is 72.3 Å². The molecular formula is C15H17ClNiP-. The van der Waals surface area contributed by atoms with Crippen LogP contribution in [0.5, 0.6) is 0 Å². The van der Waals surface area contributed by atoms with Gasteiger partial charge in [0.1, 0.15) is 0 Å². The van der Waals surface area contributed by atoms with Crippen LogP contribution >= 0.6 is 20.8 Å². The molecule has 0 amide bonds. The van der Waals surface area contributed by atoms with Gasteiger partial charge in [0.25, 0.3) is 0 Å². The van der Waals surface area contributed by atoms with Crippen LogP contribution in [0.3, 0.4) is 0 Å². The Balaban J connectivity index is 0.000000352. The van der Waals surface area contributed by atoms with Crippen LogP contribution in [0.15, 0.2) is 60.7 Å². The van der Waals surface area contributed by atoms with Gasteiger partial charge in [-0.3, -0.25) is 0 Å². The normalized spacial score (nSPS) is 10.6. The maximum absolute atomic E-state index is 5.79. The van der Waals surface area contributed by atoms with Crippen LogP contribution < -0.4 is 0 Å².